The highest BCUT2D eigenvalue weighted by Gasteiger charge is 2.30. The number of amides is 1. The van der Waals surface area contributed by atoms with Crippen molar-refractivity contribution in [1.29, 1.82) is 0 Å². The summed E-state index contributed by atoms with van der Waals surface area (Å²) in [6.07, 6.45) is -3.50. The van der Waals surface area contributed by atoms with Crippen LogP contribution in [0, 0.1) is 0 Å². The third-order valence-electron chi connectivity index (χ3n) is 5.52. The molecule has 0 saturated carbocycles. The Morgan fingerprint density at radius 2 is 1.71 bits per heavy atom. The van der Waals surface area contributed by atoms with Gasteiger partial charge in [-0.15, -0.1) is 0 Å². The van der Waals surface area contributed by atoms with Crippen molar-refractivity contribution in [2.75, 3.05) is 44.2 Å². The molecule has 3 aromatic rings. The van der Waals surface area contributed by atoms with Gasteiger partial charge in [0.2, 0.25) is 0 Å². The van der Waals surface area contributed by atoms with Gasteiger partial charge in [-0.2, -0.15) is 13.2 Å². The number of rotatable bonds is 6. The number of para-hydroxylation sites is 1. The van der Waals surface area contributed by atoms with E-state index in [0.29, 0.717) is 17.9 Å². The van der Waals surface area contributed by atoms with Crippen LogP contribution in [0.15, 0.2) is 59.0 Å². The predicted molar refractivity (Wildman–Crippen MR) is 113 cm³/mol. The van der Waals surface area contributed by atoms with Gasteiger partial charge in [0.05, 0.1) is 5.56 Å². The van der Waals surface area contributed by atoms with E-state index >= 15 is 0 Å². The lowest BCUT2D eigenvalue weighted by Crippen LogP contribution is -2.47. The predicted octanol–water partition coefficient (Wildman–Crippen LogP) is 4.39. The third kappa shape index (κ3) is 5.19. The SMILES string of the molecule is O=C(NCCCN1CCN(c2ccc(C(F)(F)F)cc2)CC1)c1cc2ccccc2o1. The Balaban J connectivity index is 1.18. The summed E-state index contributed by atoms with van der Waals surface area (Å²) in [5, 5.41) is 3.79. The van der Waals surface area contributed by atoms with E-state index in [1.807, 2.05) is 24.3 Å². The van der Waals surface area contributed by atoms with E-state index < -0.39 is 11.7 Å². The zero-order valence-electron chi connectivity index (χ0n) is 17.0. The zero-order valence-corrected chi connectivity index (χ0v) is 17.0. The van der Waals surface area contributed by atoms with Gasteiger partial charge in [0.15, 0.2) is 5.76 Å². The fraction of sp³-hybridized carbons (Fsp3) is 0.348. The molecule has 164 valence electrons. The van der Waals surface area contributed by atoms with Crippen molar-refractivity contribution in [3.63, 3.8) is 0 Å². The molecule has 1 amide bonds. The minimum absolute atomic E-state index is 0.219. The molecule has 0 spiro atoms. The molecule has 8 heteroatoms. The van der Waals surface area contributed by atoms with Crippen LogP contribution in [-0.4, -0.2) is 50.1 Å². The number of piperazine rings is 1. The molecule has 1 fully saturated rings. The van der Waals surface area contributed by atoms with E-state index in [1.54, 1.807) is 6.07 Å². The number of alkyl halides is 3. The lowest BCUT2D eigenvalue weighted by atomic mass is 10.1. The van der Waals surface area contributed by atoms with Crippen molar-refractivity contribution in [1.82, 2.24) is 10.2 Å². The van der Waals surface area contributed by atoms with Crippen LogP contribution in [0.1, 0.15) is 22.5 Å². The van der Waals surface area contributed by atoms with E-state index in [1.165, 1.54) is 12.1 Å². The summed E-state index contributed by atoms with van der Waals surface area (Å²) in [5.41, 5.74) is 0.879. The summed E-state index contributed by atoms with van der Waals surface area (Å²) in [4.78, 5) is 16.7. The lowest BCUT2D eigenvalue weighted by molar-refractivity contribution is -0.137. The molecular weight excluding hydrogens is 407 g/mol. The van der Waals surface area contributed by atoms with Crippen LogP contribution < -0.4 is 10.2 Å². The first-order valence-corrected chi connectivity index (χ1v) is 10.3. The van der Waals surface area contributed by atoms with Crippen molar-refractivity contribution in [3.05, 3.63) is 65.9 Å². The van der Waals surface area contributed by atoms with Crippen LogP contribution in [0.3, 0.4) is 0 Å². The van der Waals surface area contributed by atoms with Gasteiger partial charge < -0.3 is 14.6 Å². The topological polar surface area (TPSA) is 48.7 Å². The van der Waals surface area contributed by atoms with Crippen LogP contribution in [-0.2, 0) is 6.18 Å². The van der Waals surface area contributed by atoms with Gasteiger partial charge in [-0.05, 0) is 49.4 Å². The second-order valence-corrected chi connectivity index (χ2v) is 7.63. The second kappa shape index (κ2) is 9.01. The second-order valence-electron chi connectivity index (χ2n) is 7.63. The summed E-state index contributed by atoms with van der Waals surface area (Å²) in [7, 11) is 0. The lowest BCUT2D eigenvalue weighted by Gasteiger charge is -2.36. The fourth-order valence-corrected chi connectivity index (χ4v) is 3.78. The number of halogens is 3. The number of hydrogen-bond acceptors (Lipinski definition) is 4. The van der Waals surface area contributed by atoms with E-state index in [4.69, 9.17) is 4.42 Å². The molecule has 1 saturated heterocycles. The number of anilines is 1. The number of furan rings is 1. The van der Waals surface area contributed by atoms with Crippen molar-refractivity contribution in [2.24, 2.45) is 0 Å². The van der Waals surface area contributed by atoms with Crippen molar-refractivity contribution in [3.8, 4) is 0 Å². The number of nitrogens with zero attached hydrogens (tertiary/aromatic N) is 2. The summed E-state index contributed by atoms with van der Waals surface area (Å²) < 4.78 is 43.7. The molecular formula is C23H24F3N3O2. The highest BCUT2D eigenvalue weighted by Crippen LogP contribution is 2.30. The number of carbonyl (C=O) groups is 1. The van der Waals surface area contributed by atoms with Crippen LogP contribution in [0.4, 0.5) is 18.9 Å². The molecule has 0 unspecified atom stereocenters. The maximum absolute atomic E-state index is 12.7. The minimum atomic E-state index is -4.31. The number of nitrogens with one attached hydrogen (secondary N) is 1. The Bertz CT molecular complexity index is 989. The summed E-state index contributed by atoms with van der Waals surface area (Å²) in [6.45, 7) is 4.58. The van der Waals surface area contributed by atoms with Gasteiger partial charge in [-0.1, -0.05) is 18.2 Å². The van der Waals surface area contributed by atoms with Crippen LogP contribution >= 0.6 is 0 Å². The normalized spacial score (nSPS) is 15.4. The Hall–Kier alpha value is -3.00. The van der Waals surface area contributed by atoms with Crippen LogP contribution in [0.5, 0.6) is 0 Å². The first-order valence-electron chi connectivity index (χ1n) is 10.3. The highest BCUT2D eigenvalue weighted by atomic mass is 19.4. The first-order chi connectivity index (χ1) is 14.9. The molecule has 2 aromatic carbocycles. The Kier molecular flexibility index (Phi) is 6.18. The number of fused-ring (bicyclic) bond motifs is 1. The molecule has 1 aliphatic heterocycles. The number of hydrogen-bond donors (Lipinski definition) is 1. The molecule has 4 rings (SSSR count). The number of carbonyl (C=O) groups excluding carboxylic acids is 1. The monoisotopic (exact) mass is 431 g/mol. The molecule has 1 aromatic heterocycles. The molecule has 2 heterocycles. The highest BCUT2D eigenvalue weighted by molar-refractivity contribution is 5.96. The van der Waals surface area contributed by atoms with E-state index in [0.717, 1.165) is 62.4 Å². The largest absolute Gasteiger partial charge is 0.451 e. The molecule has 0 bridgehead atoms. The molecule has 31 heavy (non-hydrogen) atoms. The fourth-order valence-electron chi connectivity index (χ4n) is 3.78. The van der Waals surface area contributed by atoms with Gasteiger partial charge in [-0.25, -0.2) is 0 Å². The third-order valence-corrected chi connectivity index (χ3v) is 5.52. The maximum Gasteiger partial charge on any atom is 0.416 e. The molecule has 1 N–H and O–H groups in total. The van der Waals surface area contributed by atoms with Crippen LogP contribution in [0.25, 0.3) is 11.0 Å². The Morgan fingerprint density at radius 1 is 1.00 bits per heavy atom. The Labute approximate surface area is 178 Å². The molecule has 1 aliphatic rings. The van der Waals surface area contributed by atoms with Gasteiger partial charge in [-0.3, -0.25) is 9.69 Å². The molecule has 0 radical (unpaired) electrons. The standard InChI is InChI=1S/C23H24F3N3O2/c24-23(25,26)18-6-8-19(9-7-18)29-14-12-28(13-15-29)11-3-10-27-22(30)21-16-17-4-1-2-5-20(17)31-21/h1-2,4-9,16H,3,10-15H2,(H,27,30). The van der Waals surface area contributed by atoms with Crippen molar-refractivity contribution in [2.45, 2.75) is 12.6 Å². The quantitative estimate of drug-likeness (QED) is 0.588. The average Bonchev–Trinajstić information content (AvgIpc) is 3.21. The van der Waals surface area contributed by atoms with Crippen LogP contribution in [0.2, 0.25) is 0 Å². The summed E-state index contributed by atoms with van der Waals surface area (Å²) in [5.74, 6) is 0.0923. The van der Waals surface area contributed by atoms with Gasteiger partial charge in [0.25, 0.3) is 5.91 Å². The smallest absolute Gasteiger partial charge is 0.416 e. The van der Waals surface area contributed by atoms with Gasteiger partial charge >= 0.3 is 6.18 Å². The summed E-state index contributed by atoms with van der Waals surface area (Å²) in [6, 6.07) is 14.6. The molecule has 5 nitrogen and oxygen atoms in total. The molecule has 0 aliphatic carbocycles. The minimum Gasteiger partial charge on any atom is -0.451 e. The molecule has 0 atom stereocenters. The maximum atomic E-state index is 12.7. The average molecular weight is 431 g/mol. The van der Waals surface area contributed by atoms with Crippen molar-refractivity contribution >= 4 is 22.6 Å². The zero-order chi connectivity index (χ0) is 21.8. The Morgan fingerprint density at radius 3 is 2.39 bits per heavy atom. The van der Waals surface area contributed by atoms with E-state index in [2.05, 4.69) is 15.1 Å². The van der Waals surface area contributed by atoms with Gasteiger partial charge in [0, 0.05) is 43.8 Å². The van der Waals surface area contributed by atoms with E-state index in [-0.39, 0.29) is 5.91 Å². The van der Waals surface area contributed by atoms with E-state index in [9.17, 15) is 18.0 Å². The summed E-state index contributed by atoms with van der Waals surface area (Å²) >= 11 is 0. The van der Waals surface area contributed by atoms with Gasteiger partial charge in [0.1, 0.15) is 5.58 Å². The first kappa shape index (κ1) is 21.2. The van der Waals surface area contributed by atoms with Crippen molar-refractivity contribution < 1.29 is 22.4 Å². The number of benzene rings is 2.